The molecule has 0 saturated carbocycles. The lowest BCUT2D eigenvalue weighted by molar-refractivity contribution is -0.539. The van der Waals surface area contributed by atoms with Crippen LogP contribution in [0.3, 0.4) is 0 Å². The van der Waals surface area contributed by atoms with Crippen molar-refractivity contribution in [3.8, 4) is 0 Å². The minimum Gasteiger partial charge on any atom is -0.351 e. The number of hydrogen-bond donors (Lipinski definition) is 1. The van der Waals surface area contributed by atoms with Gasteiger partial charge in [-0.25, -0.2) is 0 Å². The van der Waals surface area contributed by atoms with Gasteiger partial charge in [0.2, 0.25) is 5.52 Å². The number of benzene rings is 1. The molecule has 2 heterocycles. The first-order valence-corrected chi connectivity index (χ1v) is 4.31. The Bertz CT molecular complexity index is 495. The Morgan fingerprint density at radius 1 is 1.08 bits per heavy atom. The summed E-state index contributed by atoms with van der Waals surface area (Å²) in [5.41, 5.74) is 2.41. The normalized spacial score (nSPS) is 12.9. The number of para-hydroxylation sites is 1. The van der Waals surface area contributed by atoms with Crippen LogP contribution in [0.4, 0.5) is 5.69 Å². The Hall–Kier alpha value is -1.83. The Labute approximate surface area is 76.1 Å². The summed E-state index contributed by atoms with van der Waals surface area (Å²) in [4.78, 5) is 0. The van der Waals surface area contributed by atoms with Crippen molar-refractivity contribution in [2.75, 3.05) is 5.32 Å². The summed E-state index contributed by atoms with van der Waals surface area (Å²) in [5.74, 6) is 0. The van der Waals surface area contributed by atoms with Gasteiger partial charge in [-0.15, -0.1) is 0 Å². The van der Waals surface area contributed by atoms with Crippen LogP contribution in [0.15, 0.2) is 42.7 Å². The van der Waals surface area contributed by atoms with Gasteiger partial charge in [0.15, 0.2) is 12.4 Å². The minimum absolute atomic E-state index is 1.17. The molecule has 0 radical (unpaired) electrons. The molecule has 0 atom stereocenters. The van der Waals surface area contributed by atoms with Crippen molar-refractivity contribution in [2.24, 2.45) is 0 Å². The van der Waals surface area contributed by atoms with E-state index in [0.717, 1.165) is 0 Å². The second kappa shape index (κ2) is 2.33. The zero-order valence-electron chi connectivity index (χ0n) is 7.07. The minimum atomic E-state index is 1.17. The van der Waals surface area contributed by atoms with Crippen LogP contribution in [-0.4, -0.2) is 0 Å². The molecule has 0 amide bonds. The van der Waals surface area contributed by atoms with Gasteiger partial charge in [-0.2, -0.15) is 4.57 Å². The Morgan fingerprint density at radius 3 is 3.00 bits per heavy atom. The Balaban J connectivity index is 2.56. The number of rotatable bonds is 0. The molecule has 13 heavy (non-hydrogen) atoms. The van der Waals surface area contributed by atoms with Crippen LogP contribution in [0.25, 0.3) is 17.1 Å². The number of hydrogen-bond acceptors (Lipinski definition) is 1. The summed E-state index contributed by atoms with van der Waals surface area (Å²) >= 11 is 0. The van der Waals surface area contributed by atoms with Gasteiger partial charge >= 0.3 is 0 Å². The van der Waals surface area contributed by atoms with Crippen molar-refractivity contribution in [3.05, 3.63) is 42.7 Å². The molecule has 62 valence electrons. The van der Waals surface area contributed by atoms with Gasteiger partial charge in [-0.05, 0) is 18.2 Å². The summed E-state index contributed by atoms with van der Waals surface area (Å²) in [5, 5.41) is 4.49. The zero-order valence-corrected chi connectivity index (χ0v) is 7.07. The molecule has 2 heteroatoms. The van der Waals surface area contributed by atoms with Crippen LogP contribution in [0.1, 0.15) is 0 Å². The maximum atomic E-state index is 3.23. The summed E-state index contributed by atoms with van der Waals surface area (Å²) in [7, 11) is 0. The fourth-order valence-corrected chi connectivity index (χ4v) is 1.75. The third-order valence-corrected chi connectivity index (χ3v) is 2.32. The predicted molar refractivity (Wildman–Crippen MR) is 53.1 cm³/mol. The SMILES string of the molecule is C1=C[n+]2cccc3cccc(c32)N1. The van der Waals surface area contributed by atoms with E-state index in [9.17, 15) is 0 Å². The first-order valence-electron chi connectivity index (χ1n) is 4.31. The molecule has 1 aromatic carbocycles. The topological polar surface area (TPSA) is 15.9 Å². The molecule has 0 spiro atoms. The fraction of sp³-hybridized carbons (Fsp3) is 0. The van der Waals surface area contributed by atoms with E-state index in [1.54, 1.807) is 0 Å². The highest BCUT2D eigenvalue weighted by Gasteiger charge is 2.13. The summed E-state index contributed by atoms with van der Waals surface area (Å²) in [6.07, 6.45) is 6.03. The molecule has 1 aliphatic rings. The van der Waals surface area contributed by atoms with Crippen molar-refractivity contribution in [2.45, 2.75) is 0 Å². The van der Waals surface area contributed by atoms with E-state index in [1.807, 2.05) is 12.4 Å². The van der Waals surface area contributed by atoms with E-state index in [-0.39, 0.29) is 0 Å². The second-order valence-corrected chi connectivity index (χ2v) is 3.12. The number of anilines is 1. The molecule has 2 aromatic rings. The molecule has 0 unspecified atom stereocenters. The summed E-state index contributed by atoms with van der Waals surface area (Å²) < 4.78 is 2.13. The first-order chi connectivity index (χ1) is 6.45. The molecule has 1 aliphatic heterocycles. The van der Waals surface area contributed by atoms with E-state index in [2.05, 4.69) is 46.4 Å². The first kappa shape index (κ1) is 6.66. The fourth-order valence-electron chi connectivity index (χ4n) is 1.75. The smallest absolute Gasteiger partial charge is 0.241 e. The van der Waals surface area contributed by atoms with Crippen LogP contribution < -0.4 is 9.88 Å². The van der Waals surface area contributed by atoms with E-state index in [0.29, 0.717) is 0 Å². The average molecular weight is 169 g/mol. The van der Waals surface area contributed by atoms with Gasteiger partial charge < -0.3 is 5.32 Å². The number of nitrogens with zero attached hydrogens (tertiary/aromatic N) is 1. The third-order valence-electron chi connectivity index (χ3n) is 2.32. The Morgan fingerprint density at radius 2 is 2.00 bits per heavy atom. The van der Waals surface area contributed by atoms with Gasteiger partial charge in [0, 0.05) is 11.5 Å². The van der Waals surface area contributed by atoms with Gasteiger partial charge in [0.05, 0.1) is 6.20 Å². The summed E-state index contributed by atoms with van der Waals surface area (Å²) in [6, 6.07) is 10.4. The van der Waals surface area contributed by atoms with Crippen LogP contribution >= 0.6 is 0 Å². The Kier molecular flexibility index (Phi) is 1.19. The zero-order chi connectivity index (χ0) is 8.67. The molecule has 0 fully saturated rings. The molecule has 2 nitrogen and oxygen atoms in total. The number of pyridine rings is 1. The average Bonchev–Trinajstić information content (AvgIpc) is 2.19. The molecular formula is C11H9N2+. The van der Waals surface area contributed by atoms with Crippen molar-refractivity contribution in [3.63, 3.8) is 0 Å². The van der Waals surface area contributed by atoms with Gasteiger partial charge in [-0.1, -0.05) is 6.07 Å². The van der Waals surface area contributed by atoms with E-state index < -0.39 is 0 Å². The van der Waals surface area contributed by atoms with Crippen LogP contribution in [0.2, 0.25) is 0 Å². The van der Waals surface area contributed by atoms with E-state index in [4.69, 9.17) is 0 Å². The largest absolute Gasteiger partial charge is 0.351 e. The van der Waals surface area contributed by atoms with Gasteiger partial charge in [-0.3, -0.25) is 0 Å². The second-order valence-electron chi connectivity index (χ2n) is 3.12. The van der Waals surface area contributed by atoms with Crippen molar-refractivity contribution in [1.29, 1.82) is 0 Å². The lowest BCUT2D eigenvalue weighted by Crippen LogP contribution is -2.29. The van der Waals surface area contributed by atoms with Gasteiger partial charge in [0.25, 0.3) is 0 Å². The van der Waals surface area contributed by atoms with Crippen molar-refractivity contribution >= 4 is 22.8 Å². The quantitative estimate of drug-likeness (QED) is 0.596. The highest BCUT2D eigenvalue weighted by atomic mass is 15.0. The lowest BCUT2D eigenvalue weighted by atomic mass is 10.1. The molecule has 0 bridgehead atoms. The predicted octanol–water partition coefficient (Wildman–Crippen LogP) is 1.98. The molecule has 3 rings (SSSR count). The molecule has 0 aliphatic carbocycles. The van der Waals surface area contributed by atoms with Crippen molar-refractivity contribution in [1.82, 2.24) is 0 Å². The highest BCUT2D eigenvalue weighted by Crippen LogP contribution is 2.21. The molecule has 0 saturated heterocycles. The number of nitrogens with one attached hydrogen (secondary N) is 1. The lowest BCUT2D eigenvalue weighted by Gasteiger charge is -2.06. The van der Waals surface area contributed by atoms with Crippen LogP contribution in [0.5, 0.6) is 0 Å². The van der Waals surface area contributed by atoms with Crippen molar-refractivity contribution < 1.29 is 4.57 Å². The van der Waals surface area contributed by atoms with Crippen LogP contribution in [-0.2, 0) is 0 Å². The monoisotopic (exact) mass is 169 g/mol. The van der Waals surface area contributed by atoms with E-state index in [1.165, 1.54) is 16.6 Å². The highest BCUT2D eigenvalue weighted by molar-refractivity contribution is 5.89. The van der Waals surface area contributed by atoms with Crippen LogP contribution in [0, 0.1) is 0 Å². The standard InChI is InChI=1S/C11H9N2/c1-3-9-4-2-7-13-8-6-12-10(5-1)11(9)13/h1-8,12H/q+1. The van der Waals surface area contributed by atoms with Gasteiger partial charge in [0.1, 0.15) is 5.69 Å². The molecule has 1 aromatic heterocycles. The molecular weight excluding hydrogens is 160 g/mol. The molecule has 1 N–H and O–H groups in total. The summed E-state index contributed by atoms with van der Waals surface area (Å²) in [6.45, 7) is 0. The maximum absolute atomic E-state index is 3.23. The number of aromatic nitrogens is 1. The maximum Gasteiger partial charge on any atom is 0.241 e. The third kappa shape index (κ3) is 0.855. The van der Waals surface area contributed by atoms with E-state index >= 15 is 0 Å².